The number of nitrogens with zero attached hydrogens (tertiary/aromatic N) is 10. The zero-order valence-corrected chi connectivity index (χ0v) is 31.5. The average Bonchev–Trinajstić information content (AvgIpc) is 3.92. The van der Waals surface area contributed by atoms with Gasteiger partial charge in [-0.1, -0.05) is 59.8 Å². The van der Waals surface area contributed by atoms with E-state index in [1.165, 1.54) is 0 Å². The van der Waals surface area contributed by atoms with Gasteiger partial charge in [0.15, 0.2) is 0 Å². The summed E-state index contributed by atoms with van der Waals surface area (Å²) in [5.74, 6) is 3.34. The quantitative estimate of drug-likeness (QED) is 0.189. The molecule has 0 saturated carbocycles. The SMILES string of the molecule is Cn1ccnc1-c1cccc2c1[n-]c1c(-c3n[c-]cn3C)coc12.Cn1ccnc1-c1cccc2c1[n-]c1c(-c3n[c-]cn3C)coc12.[Pt+2].[Pt+2]. The molecular formula is C36H26N10O2Pt2. The Morgan fingerprint density at radius 3 is 1.34 bits per heavy atom. The van der Waals surface area contributed by atoms with E-state index in [0.717, 1.165) is 89.6 Å². The van der Waals surface area contributed by atoms with Gasteiger partial charge in [-0.2, -0.15) is 0 Å². The molecule has 8 heterocycles. The van der Waals surface area contributed by atoms with Crippen LogP contribution in [0.25, 0.3) is 89.6 Å². The molecular weight excluding hydrogens is 995 g/mol. The molecule has 14 heteroatoms. The van der Waals surface area contributed by atoms with Crippen LogP contribution in [0.4, 0.5) is 0 Å². The first-order chi connectivity index (χ1) is 23.5. The molecule has 0 aliphatic heterocycles. The summed E-state index contributed by atoms with van der Waals surface area (Å²) in [5, 5.41) is 1.96. The number of fused-ring (bicyclic) bond motifs is 6. The number of imidazole rings is 4. The van der Waals surface area contributed by atoms with Crippen LogP contribution in [0.2, 0.25) is 0 Å². The van der Waals surface area contributed by atoms with Gasteiger partial charge in [0.25, 0.3) is 0 Å². The summed E-state index contributed by atoms with van der Waals surface area (Å²) >= 11 is 0. The number of aryl methyl sites for hydroxylation is 4. The molecule has 0 fully saturated rings. The van der Waals surface area contributed by atoms with Crippen molar-refractivity contribution in [2.45, 2.75) is 0 Å². The molecule has 12 nitrogen and oxygen atoms in total. The van der Waals surface area contributed by atoms with Crippen LogP contribution in [0.5, 0.6) is 0 Å². The van der Waals surface area contributed by atoms with E-state index in [-0.39, 0.29) is 42.1 Å². The number of para-hydroxylation sites is 2. The van der Waals surface area contributed by atoms with Crippen LogP contribution in [0.3, 0.4) is 0 Å². The van der Waals surface area contributed by atoms with Crippen molar-refractivity contribution in [2.75, 3.05) is 0 Å². The van der Waals surface area contributed by atoms with Crippen LogP contribution in [0.1, 0.15) is 0 Å². The Hall–Kier alpha value is -5.18. The second kappa shape index (κ2) is 12.9. The number of rotatable bonds is 4. The molecule has 0 bridgehead atoms. The zero-order valence-electron chi connectivity index (χ0n) is 27.0. The minimum Gasteiger partial charge on any atom is -0.654 e. The molecule has 50 heavy (non-hydrogen) atoms. The van der Waals surface area contributed by atoms with Crippen molar-refractivity contribution in [2.24, 2.45) is 28.2 Å². The fourth-order valence-electron chi connectivity index (χ4n) is 6.29. The van der Waals surface area contributed by atoms with Gasteiger partial charge in [-0.3, -0.25) is 0 Å². The Morgan fingerprint density at radius 2 is 0.980 bits per heavy atom. The summed E-state index contributed by atoms with van der Waals surface area (Å²) in [7, 11) is 7.81. The standard InChI is InChI=1S/2C18H13N5O.2Pt/c2*1-22-8-6-19-17(22)12-5-3-4-11-14(12)21-15-13(10-24-16(11)15)18-20-7-9-23(18)2;;/h2*3-6,8-10H,1-2H3;;/q2*-2;2*+2. The number of aromatic nitrogens is 10. The van der Waals surface area contributed by atoms with E-state index in [1.54, 1.807) is 37.3 Å². The van der Waals surface area contributed by atoms with Crippen molar-refractivity contribution in [1.29, 1.82) is 0 Å². The van der Waals surface area contributed by atoms with Gasteiger partial charge in [0.1, 0.15) is 22.8 Å². The van der Waals surface area contributed by atoms with Crippen LogP contribution >= 0.6 is 0 Å². The molecule has 0 aliphatic carbocycles. The Labute approximate surface area is 313 Å². The van der Waals surface area contributed by atoms with E-state index in [9.17, 15) is 0 Å². The monoisotopic (exact) mass is 1020 g/mol. The molecule has 8 aromatic heterocycles. The summed E-state index contributed by atoms with van der Waals surface area (Å²) in [6.07, 6.45) is 20.1. The predicted octanol–water partition coefficient (Wildman–Crippen LogP) is 6.28. The van der Waals surface area contributed by atoms with Crippen molar-refractivity contribution >= 4 is 44.0 Å². The van der Waals surface area contributed by atoms with Crippen molar-refractivity contribution in [1.82, 2.24) is 48.2 Å². The molecule has 0 saturated heterocycles. The molecule has 0 unspecified atom stereocenters. The molecule has 0 radical (unpaired) electrons. The number of furan rings is 2. The minimum absolute atomic E-state index is 0. The van der Waals surface area contributed by atoms with Crippen molar-refractivity contribution in [3.05, 3.63) is 98.5 Å². The third-order valence-corrected chi connectivity index (χ3v) is 8.66. The Bertz CT molecular complexity index is 2570. The van der Waals surface area contributed by atoms with Crippen molar-refractivity contribution < 1.29 is 51.0 Å². The third-order valence-electron chi connectivity index (χ3n) is 8.66. The minimum atomic E-state index is 0. The van der Waals surface area contributed by atoms with Crippen molar-refractivity contribution in [3.63, 3.8) is 0 Å². The van der Waals surface area contributed by atoms with Crippen molar-refractivity contribution in [3.8, 4) is 45.6 Å². The van der Waals surface area contributed by atoms with Gasteiger partial charge in [-0.05, 0) is 36.9 Å². The maximum absolute atomic E-state index is 5.83. The Balaban J connectivity index is 0.000000151. The van der Waals surface area contributed by atoms with Gasteiger partial charge < -0.3 is 47.0 Å². The first-order valence-corrected chi connectivity index (χ1v) is 15.2. The molecule has 0 spiro atoms. The molecule has 10 aromatic rings. The Morgan fingerprint density at radius 1 is 0.540 bits per heavy atom. The van der Waals surface area contributed by atoms with E-state index in [2.05, 4.69) is 32.3 Å². The largest absolute Gasteiger partial charge is 2.00 e. The van der Waals surface area contributed by atoms with E-state index in [4.69, 9.17) is 18.8 Å². The maximum Gasteiger partial charge on any atom is 2.00 e. The first kappa shape index (κ1) is 33.3. The van der Waals surface area contributed by atoms with Crippen LogP contribution in [-0.2, 0) is 70.3 Å². The van der Waals surface area contributed by atoms with Gasteiger partial charge in [-0.15, -0.1) is 23.4 Å². The fourth-order valence-corrected chi connectivity index (χ4v) is 6.29. The van der Waals surface area contributed by atoms with Gasteiger partial charge >= 0.3 is 42.1 Å². The molecule has 10 rings (SSSR count). The maximum atomic E-state index is 5.83. The fraction of sp³-hybridized carbons (Fsp3) is 0.111. The summed E-state index contributed by atoms with van der Waals surface area (Å²) < 4.78 is 19.4. The van der Waals surface area contributed by atoms with E-state index >= 15 is 0 Å². The molecule has 252 valence electrons. The van der Waals surface area contributed by atoms with E-state index in [0.29, 0.717) is 0 Å². The van der Waals surface area contributed by atoms with Gasteiger partial charge in [0, 0.05) is 60.8 Å². The number of hydrogen-bond donors (Lipinski definition) is 0. The van der Waals surface area contributed by atoms with Crippen LogP contribution < -0.4 is 9.97 Å². The second-order valence-electron chi connectivity index (χ2n) is 11.6. The van der Waals surface area contributed by atoms with E-state index < -0.39 is 0 Å². The normalized spacial score (nSPS) is 11.3. The number of hydrogen-bond acceptors (Lipinski definition) is 6. The van der Waals surface area contributed by atoms with Gasteiger partial charge in [-0.25, -0.2) is 9.97 Å². The zero-order chi connectivity index (χ0) is 32.5. The summed E-state index contributed by atoms with van der Waals surface area (Å²) in [4.78, 5) is 27.2. The molecule has 2 aromatic carbocycles. The van der Waals surface area contributed by atoms with E-state index in [1.807, 2.05) is 95.3 Å². The molecule has 0 amide bonds. The average molecular weight is 1020 g/mol. The summed E-state index contributed by atoms with van der Waals surface area (Å²) in [5.41, 5.74) is 8.68. The molecule has 0 N–H and O–H groups in total. The van der Waals surface area contributed by atoms with Crippen LogP contribution in [-0.4, -0.2) is 38.2 Å². The Kier molecular flexibility index (Phi) is 8.62. The second-order valence-corrected chi connectivity index (χ2v) is 11.6. The summed E-state index contributed by atoms with van der Waals surface area (Å²) in [6.45, 7) is 0. The summed E-state index contributed by atoms with van der Waals surface area (Å²) in [6, 6.07) is 12.1. The first-order valence-electron chi connectivity index (χ1n) is 15.2. The molecule has 0 aliphatic rings. The molecule has 0 atom stereocenters. The predicted molar refractivity (Wildman–Crippen MR) is 181 cm³/mol. The van der Waals surface area contributed by atoms with Gasteiger partial charge in [0.2, 0.25) is 0 Å². The van der Waals surface area contributed by atoms with Gasteiger partial charge in [0.05, 0.1) is 12.5 Å². The topological polar surface area (TPSA) is 126 Å². The van der Waals surface area contributed by atoms with Crippen LogP contribution in [0.15, 0.2) is 94.9 Å². The van der Waals surface area contributed by atoms with Crippen LogP contribution in [0, 0.1) is 12.4 Å². The number of benzene rings is 2. The third kappa shape index (κ3) is 5.13. The smallest absolute Gasteiger partial charge is 0.654 e.